The summed E-state index contributed by atoms with van der Waals surface area (Å²) in [7, 11) is 0. The topological polar surface area (TPSA) is 52.9 Å². The lowest BCUT2D eigenvalue weighted by atomic mass is 10.1. The Balaban J connectivity index is 1.42. The SMILES string of the molecule is N#Cc1ccccc1CSCCNC(=O)Cc1ccc2ccccc2c1. The van der Waals surface area contributed by atoms with Crippen LogP contribution >= 0.6 is 11.8 Å². The number of nitrogens with zero attached hydrogens (tertiary/aromatic N) is 1. The number of nitrogens with one attached hydrogen (secondary N) is 1. The summed E-state index contributed by atoms with van der Waals surface area (Å²) >= 11 is 1.72. The van der Waals surface area contributed by atoms with Gasteiger partial charge in [-0.2, -0.15) is 17.0 Å². The summed E-state index contributed by atoms with van der Waals surface area (Å²) in [5.74, 6) is 1.64. The molecule has 0 radical (unpaired) electrons. The van der Waals surface area contributed by atoms with E-state index in [2.05, 4.69) is 35.7 Å². The fourth-order valence-corrected chi connectivity index (χ4v) is 3.66. The lowest BCUT2D eigenvalue weighted by molar-refractivity contribution is -0.120. The van der Waals surface area contributed by atoms with E-state index < -0.39 is 0 Å². The first-order valence-electron chi connectivity index (χ1n) is 8.56. The number of amides is 1. The molecule has 0 aliphatic carbocycles. The van der Waals surface area contributed by atoms with Crippen LogP contribution in [0.3, 0.4) is 0 Å². The van der Waals surface area contributed by atoms with Crippen LogP contribution in [-0.2, 0) is 17.0 Å². The Labute approximate surface area is 158 Å². The van der Waals surface area contributed by atoms with Crippen molar-refractivity contribution in [3.05, 3.63) is 83.4 Å². The van der Waals surface area contributed by atoms with Crippen LogP contribution in [0.25, 0.3) is 10.8 Å². The van der Waals surface area contributed by atoms with Gasteiger partial charge < -0.3 is 5.32 Å². The van der Waals surface area contributed by atoms with Crippen molar-refractivity contribution < 1.29 is 4.79 Å². The third kappa shape index (κ3) is 4.87. The number of hydrogen-bond donors (Lipinski definition) is 1. The quantitative estimate of drug-likeness (QED) is 0.639. The third-order valence-electron chi connectivity index (χ3n) is 4.14. The molecule has 0 saturated heterocycles. The highest BCUT2D eigenvalue weighted by molar-refractivity contribution is 7.98. The number of nitriles is 1. The van der Waals surface area contributed by atoms with Crippen molar-refractivity contribution in [2.24, 2.45) is 0 Å². The number of thioether (sulfide) groups is 1. The number of carbonyl (C=O) groups excluding carboxylic acids is 1. The minimum atomic E-state index is 0.0401. The molecule has 3 aromatic carbocycles. The molecule has 3 aromatic rings. The van der Waals surface area contributed by atoms with Crippen LogP contribution in [0.2, 0.25) is 0 Å². The first-order chi connectivity index (χ1) is 12.8. The van der Waals surface area contributed by atoms with E-state index in [0.29, 0.717) is 13.0 Å². The van der Waals surface area contributed by atoms with Gasteiger partial charge in [0.2, 0.25) is 5.91 Å². The molecule has 0 heterocycles. The second kappa shape index (κ2) is 9.07. The average molecular weight is 360 g/mol. The molecule has 0 aromatic heterocycles. The molecule has 0 bridgehead atoms. The van der Waals surface area contributed by atoms with E-state index in [4.69, 9.17) is 5.26 Å². The Morgan fingerprint density at radius 3 is 2.62 bits per heavy atom. The van der Waals surface area contributed by atoms with Crippen molar-refractivity contribution in [1.29, 1.82) is 5.26 Å². The van der Waals surface area contributed by atoms with Crippen LogP contribution in [0.4, 0.5) is 0 Å². The van der Waals surface area contributed by atoms with Gasteiger partial charge in [0, 0.05) is 18.1 Å². The van der Waals surface area contributed by atoms with E-state index in [1.165, 1.54) is 5.39 Å². The highest BCUT2D eigenvalue weighted by Gasteiger charge is 2.05. The molecular formula is C22H20N2OS. The Morgan fingerprint density at radius 2 is 1.77 bits per heavy atom. The molecule has 0 aliphatic heterocycles. The van der Waals surface area contributed by atoms with E-state index in [1.54, 1.807) is 11.8 Å². The summed E-state index contributed by atoms with van der Waals surface area (Å²) in [6.45, 7) is 0.631. The molecule has 1 N–H and O–H groups in total. The summed E-state index contributed by atoms with van der Waals surface area (Å²) in [4.78, 5) is 12.1. The molecule has 0 saturated carbocycles. The minimum absolute atomic E-state index is 0.0401. The van der Waals surface area contributed by atoms with Crippen LogP contribution in [0.1, 0.15) is 16.7 Å². The monoisotopic (exact) mass is 360 g/mol. The average Bonchev–Trinajstić information content (AvgIpc) is 2.68. The minimum Gasteiger partial charge on any atom is -0.355 e. The van der Waals surface area contributed by atoms with Crippen molar-refractivity contribution in [1.82, 2.24) is 5.32 Å². The highest BCUT2D eigenvalue weighted by Crippen LogP contribution is 2.17. The van der Waals surface area contributed by atoms with E-state index in [-0.39, 0.29) is 5.91 Å². The number of hydrogen-bond acceptors (Lipinski definition) is 3. The van der Waals surface area contributed by atoms with Crippen molar-refractivity contribution in [3.63, 3.8) is 0 Å². The number of rotatable bonds is 7. The summed E-state index contributed by atoms with van der Waals surface area (Å²) in [6, 6.07) is 24.1. The second-order valence-corrected chi connectivity index (χ2v) is 7.13. The van der Waals surface area contributed by atoms with E-state index in [9.17, 15) is 4.79 Å². The Hall–Kier alpha value is -2.77. The zero-order valence-corrected chi connectivity index (χ0v) is 15.3. The standard InChI is InChI=1S/C22H20N2OS/c23-15-20-7-3-4-8-21(20)16-26-12-11-24-22(25)14-17-9-10-18-5-1-2-6-19(18)13-17/h1-10,13H,11-12,14,16H2,(H,24,25). The molecule has 0 unspecified atom stereocenters. The first kappa shape index (κ1) is 18.0. The van der Waals surface area contributed by atoms with Crippen LogP contribution in [0.15, 0.2) is 66.7 Å². The number of fused-ring (bicyclic) bond motifs is 1. The molecular weight excluding hydrogens is 340 g/mol. The van der Waals surface area contributed by atoms with Crippen LogP contribution < -0.4 is 5.32 Å². The van der Waals surface area contributed by atoms with Crippen molar-refractivity contribution in [3.8, 4) is 6.07 Å². The lowest BCUT2D eigenvalue weighted by Gasteiger charge is -2.07. The van der Waals surface area contributed by atoms with E-state index >= 15 is 0 Å². The van der Waals surface area contributed by atoms with Gasteiger partial charge in [-0.25, -0.2) is 0 Å². The van der Waals surface area contributed by atoms with Gasteiger partial charge >= 0.3 is 0 Å². The zero-order valence-electron chi connectivity index (χ0n) is 14.4. The molecule has 4 heteroatoms. The lowest BCUT2D eigenvalue weighted by Crippen LogP contribution is -2.27. The van der Waals surface area contributed by atoms with Gasteiger partial charge in [0.1, 0.15) is 0 Å². The van der Waals surface area contributed by atoms with Crippen molar-refractivity contribution in [2.75, 3.05) is 12.3 Å². The smallest absolute Gasteiger partial charge is 0.224 e. The van der Waals surface area contributed by atoms with E-state index in [0.717, 1.165) is 33.6 Å². The fourth-order valence-electron chi connectivity index (χ4n) is 2.80. The second-order valence-electron chi connectivity index (χ2n) is 6.03. The van der Waals surface area contributed by atoms with Gasteiger partial charge in [-0.05, 0) is 28.0 Å². The van der Waals surface area contributed by atoms with Gasteiger partial charge in [-0.1, -0.05) is 60.7 Å². The van der Waals surface area contributed by atoms with E-state index in [1.807, 2.05) is 42.5 Å². The Kier molecular flexibility index (Phi) is 6.29. The highest BCUT2D eigenvalue weighted by atomic mass is 32.2. The van der Waals surface area contributed by atoms with Gasteiger partial charge in [-0.15, -0.1) is 0 Å². The maximum absolute atomic E-state index is 12.1. The first-order valence-corrected chi connectivity index (χ1v) is 9.72. The summed E-state index contributed by atoms with van der Waals surface area (Å²) in [5, 5.41) is 14.4. The molecule has 0 fully saturated rings. The summed E-state index contributed by atoms with van der Waals surface area (Å²) < 4.78 is 0. The normalized spacial score (nSPS) is 10.4. The van der Waals surface area contributed by atoms with Gasteiger partial charge in [0.05, 0.1) is 18.1 Å². The molecule has 26 heavy (non-hydrogen) atoms. The molecule has 3 nitrogen and oxygen atoms in total. The molecule has 0 aliphatic rings. The van der Waals surface area contributed by atoms with Crippen LogP contribution in [-0.4, -0.2) is 18.2 Å². The maximum atomic E-state index is 12.1. The molecule has 130 valence electrons. The largest absolute Gasteiger partial charge is 0.355 e. The van der Waals surface area contributed by atoms with Crippen molar-refractivity contribution in [2.45, 2.75) is 12.2 Å². The predicted octanol–water partition coefficient (Wildman–Crippen LogP) is 4.30. The zero-order chi connectivity index (χ0) is 18.2. The molecule has 0 spiro atoms. The number of carbonyl (C=O) groups is 1. The Morgan fingerprint density at radius 1 is 1.00 bits per heavy atom. The molecule has 0 atom stereocenters. The maximum Gasteiger partial charge on any atom is 0.224 e. The molecule has 1 amide bonds. The Bertz CT molecular complexity index is 946. The van der Waals surface area contributed by atoms with Gasteiger partial charge in [-0.3, -0.25) is 4.79 Å². The molecule has 3 rings (SSSR count). The summed E-state index contributed by atoms with van der Waals surface area (Å²) in [6.07, 6.45) is 0.396. The van der Waals surface area contributed by atoms with Crippen LogP contribution in [0, 0.1) is 11.3 Å². The van der Waals surface area contributed by atoms with Gasteiger partial charge in [0.25, 0.3) is 0 Å². The van der Waals surface area contributed by atoms with Crippen LogP contribution in [0.5, 0.6) is 0 Å². The van der Waals surface area contributed by atoms with Gasteiger partial charge in [0.15, 0.2) is 0 Å². The predicted molar refractivity (Wildman–Crippen MR) is 108 cm³/mol. The fraction of sp³-hybridized carbons (Fsp3) is 0.182. The number of benzene rings is 3. The van der Waals surface area contributed by atoms with Crippen molar-refractivity contribution >= 4 is 28.4 Å². The third-order valence-corrected chi connectivity index (χ3v) is 5.15. The summed E-state index contributed by atoms with van der Waals surface area (Å²) in [5.41, 5.74) is 2.79.